The quantitative estimate of drug-likeness (QED) is 0.694. The molecule has 1 aromatic heterocycles. The SMILES string of the molecule is CS(=O)(=O)c1ccc(Cl)c(C(=O)N2CCC(c3c[nH]c4ccccc34)CC2)c1. The van der Waals surface area contributed by atoms with Crippen LogP contribution in [0.2, 0.25) is 5.02 Å². The maximum absolute atomic E-state index is 12.9. The lowest BCUT2D eigenvalue weighted by Gasteiger charge is -2.32. The molecule has 0 unspecified atom stereocenters. The number of sulfone groups is 1. The van der Waals surface area contributed by atoms with E-state index >= 15 is 0 Å². The summed E-state index contributed by atoms with van der Waals surface area (Å²) in [5.74, 6) is 0.172. The zero-order chi connectivity index (χ0) is 19.9. The van der Waals surface area contributed by atoms with Gasteiger partial charge < -0.3 is 9.88 Å². The fraction of sp³-hybridized carbons (Fsp3) is 0.286. The molecule has 146 valence electrons. The van der Waals surface area contributed by atoms with Gasteiger partial charge in [0.2, 0.25) is 0 Å². The molecule has 0 aliphatic carbocycles. The second-order valence-corrected chi connectivity index (χ2v) is 9.69. The maximum atomic E-state index is 12.9. The molecular weight excluding hydrogens is 396 g/mol. The van der Waals surface area contributed by atoms with Crippen molar-refractivity contribution in [2.75, 3.05) is 19.3 Å². The van der Waals surface area contributed by atoms with Crippen LogP contribution in [-0.4, -0.2) is 43.6 Å². The molecule has 7 heteroatoms. The highest BCUT2D eigenvalue weighted by Gasteiger charge is 2.27. The van der Waals surface area contributed by atoms with E-state index in [1.54, 1.807) is 4.90 Å². The highest BCUT2D eigenvalue weighted by atomic mass is 35.5. The van der Waals surface area contributed by atoms with Crippen molar-refractivity contribution < 1.29 is 13.2 Å². The minimum Gasteiger partial charge on any atom is -0.361 e. The van der Waals surface area contributed by atoms with Crippen LogP contribution in [0.3, 0.4) is 0 Å². The third-order valence-corrected chi connectivity index (χ3v) is 6.88. The van der Waals surface area contributed by atoms with Gasteiger partial charge in [-0.2, -0.15) is 0 Å². The van der Waals surface area contributed by atoms with Crippen LogP contribution in [-0.2, 0) is 9.84 Å². The largest absolute Gasteiger partial charge is 0.361 e. The number of hydrogen-bond acceptors (Lipinski definition) is 3. The number of benzene rings is 2. The first-order valence-corrected chi connectivity index (χ1v) is 11.5. The van der Waals surface area contributed by atoms with Crippen molar-refractivity contribution in [3.63, 3.8) is 0 Å². The normalized spacial score (nSPS) is 15.9. The van der Waals surface area contributed by atoms with Gasteiger partial charge in [0.1, 0.15) is 0 Å². The lowest BCUT2D eigenvalue weighted by atomic mass is 9.89. The summed E-state index contributed by atoms with van der Waals surface area (Å²) in [5.41, 5.74) is 2.66. The van der Waals surface area contributed by atoms with E-state index in [1.807, 2.05) is 12.1 Å². The Kier molecular flexibility index (Phi) is 4.93. The number of piperidine rings is 1. The number of carbonyl (C=O) groups excluding carboxylic acids is 1. The number of rotatable bonds is 3. The van der Waals surface area contributed by atoms with E-state index in [2.05, 4.69) is 23.3 Å². The molecule has 0 saturated carbocycles. The van der Waals surface area contributed by atoms with Crippen LogP contribution in [0.25, 0.3) is 10.9 Å². The second kappa shape index (κ2) is 7.26. The Bertz CT molecular complexity index is 1150. The predicted molar refractivity (Wildman–Crippen MR) is 111 cm³/mol. The molecule has 1 fully saturated rings. The Morgan fingerprint density at radius 3 is 2.57 bits per heavy atom. The summed E-state index contributed by atoms with van der Waals surface area (Å²) in [7, 11) is -3.40. The Balaban J connectivity index is 1.52. The first-order chi connectivity index (χ1) is 13.3. The van der Waals surface area contributed by atoms with Gasteiger partial charge >= 0.3 is 0 Å². The van der Waals surface area contributed by atoms with Crippen LogP contribution < -0.4 is 0 Å². The van der Waals surface area contributed by atoms with Crippen molar-refractivity contribution in [3.8, 4) is 0 Å². The number of aromatic amines is 1. The summed E-state index contributed by atoms with van der Waals surface area (Å²) in [5, 5.41) is 1.51. The van der Waals surface area contributed by atoms with E-state index in [0.29, 0.717) is 19.0 Å². The average Bonchev–Trinajstić information content (AvgIpc) is 3.11. The third kappa shape index (κ3) is 3.54. The molecular formula is C21H21ClN2O3S. The van der Waals surface area contributed by atoms with Crippen molar-refractivity contribution in [2.45, 2.75) is 23.7 Å². The van der Waals surface area contributed by atoms with Crippen LogP contribution in [0, 0.1) is 0 Å². The number of carbonyl (C=O) groups is 1. The van der Waals surface area contributed by atoms with E-state index < -0.39 is 9.84 Å². The minimum atomic E-state index is -3.40. The predicted octanol–water partition coefficient (Wildman–Crippen LogP) is 4.24. The fourth-order valence-corrected chi connectivity index (χ4v) is 4.74. The number of aromatic nitrogens is 1. The second-order valence-electron chi connectivity index (χ2n) is 7.27. The van der Waals surface area contributed by atoms with Crippen LogP contribution in [0.5, 0.6) is 0 Å². The minimum absolute atomic E-state index is 0.105. The van der Waals surface area contributed by atoms with Crippen LogP contribution in [0.4, 0.5) is 0 Å². The molecule has 4 rings (SSSR count). The number of hydrogen-bond donors (Lipinski definition) is 1. The standard InChI is InChI=1S/C21H21ClN2O3S/c1-28(26,27)15-6-7-19(22)17(12-15)21(25)24-10-8-14(9-11-24)18-13-23-20-5-3-2-4-16(18)20/h2-7,12-14,23H,8-11H2,1H3. The van der Waals surface area contributed by atoms with Gasteiger partial charge in [0.25, 0.3) is 5.91 Å². The Hall–Kier alpha value is -2.31. The van der Waals surface area contributed by atoms with Gasteiger partial charge in [-0.25, -0.2) is 8.42 Å². The van der Waals surface area contributed by atoms with Crippen molar-refractivity contribution in [3.05, 3.63) is 64.8 Å². The molecule has 0 spiro atoms. The lowest BCUT2D eigenvalue weighted by Crippen LogP contribution is -2.38. The first kappa shape index (κ1) is 19.0. The molecule has 2 heterocycles. The van der Waals surface area contributed by atoms with E-state index in [-0.39, 0.29) is 21.4 Å². The van der Waals surface area contributed by atoms with Crippen LogP contribution in [0.15, 0.2) is 53.6 Å². The van der Waals surface area contributed by atoms with E-state index in [4.69, 9.17) is 11.6 Å². The Labute approximate surface area is 169 Å². The van der Waals surface area contributed by atoms with Crippen LogP contribution in [0.1, 0.15) is 34.7 Å². The molecule has 0 atom stereocenters. The number of halogens is 1. The molecule has 0 bridgehead atoms. The van der Waals surface area contributed by atoms with Gasteiger partial charge in [0.15, 0.2) is 9.84 Å². The van der Waals surface area contributed by atoms with Crippen molar-refractivity contribution in [1.29, 1.82) is 0 Å². The summed E-state index contributed by atoms with van der Waals surface area (Å²) >= 11 is 6.19. The van der Waals surface area contributed by atoms with E-state index in [1.165, 1.54) is 29.1 Å². The number of nitrogens with one attached hydrogen (secondary N) is 1. The molecule has 28 heavy (non-hydrogen) atoms. The zero-order valence-electron chi connectivity index (χ0n) is 15.5. The van der Waals surface area contributed by atoms with E-state index in [9.17, 15) is 13.2 Å². The van der Waals surface area contributed by atoms with Gasteiger partial charge in [0.05, 0.1) is 15.5 Å². The highest BCUT2D eigenvalue weighted by Crippen LogP contribution is 2.34. The maximum Gasteiger partial charge on any atom is 0.255 e. The molecule has 1 N–H and O–H groups in total. The molecule has 3 aromatic rings. The topological polar surface area (TPSA) is 70.2 Å². The summed E-state index contributed by atoms with van der Waals surface area (Å²) in [6, 6.07) is 12.5. The fourth-order valence-electron chi connectivity index (χ4n) is 3.89. The monoisotopic (exact) mass is 416 g/mol. The van der Waals surface area contributed by atoms with Gasteiger partial charge in [-0.3, -0.25) is 4.79 Å². The van der Waals surface area contributed by atoms with Gasteiger partial charge in [-0.05, 0) is 48.6 Å². The third-order valence-electron chi connectivity index (χ3n) is 5.44. The molecule has 1 amide bonds. The number of H-pyrrole nitrogens is 1. The summed E-state index contributed by atoms with van der Waals surface area (Å²) in [6.45, 7) is 1.23. The summed E-state index contributed by atoms with van der Waals surface area (Å²) in [6.07, 6.45) is 4.91. The number of likely N-dealkylation sites (tertiary alicyclic amines) is 1. The summed E-state index contributed by atoms with van der Waals surface area (Å²) in [4.78, 5) is 18.1. The molecule has 5 nitrogen and oxygen atoms in total. The summed E-state index contributed by atoms with van der Waals surface area (Å²) < 4.78 is 23.6. The molecule has 1 saturated heterocycles. The van der Waals surface area contributed by atoms with Crippen molar-refractivity contribution in [2.24, 2.45) is 0 Å². The first-order valence-electron chi connectivity index (χ1n) is 9.19. The average molecular weight is 417 g/mol. The molecule has 1 aliphatic heterocycles. The van der Waals surface area contributed by atoms with E-state index in [0.717, 1.165) is 24.6 Å². The number of nitrogens with zero attached hydrogens (tertiary/aromatic N) is 1. The lowest BCUT2D eigenvalue weighted by molar-refractivity contribution is 0.0713. The highest BCUT2D eigenvalue weighted by molar-refractivity contribution is 7.90. The smallest absolute Gasteiger partial charge is 0.255 e. The Morgan fingerprint density at radius 2 is 1.86 bits per heavy atom. The number of amides is 1. The number of para-hydroxylation sites is 1. The van der Waals surface area contributed by atoms with Gasteiger partial charge in [0, 0.05) is 36.4 Å². The number of fused-ring (bicyclic) bond motifs is 1. The zero-order valence-corrected chi connectivity index (χ0v) is 17.1. The van der Waals surface area contributed by atoms with Crippen LogP contribution >= 0.6 is 11.6 Å². The Morgan fingerprint density at radius 1 is 1.14 bits per heavy atom. The van der Waals surface area contributed by atoms with Crippen molar-refractivity contribution >= 4 is 38.2 Å². The van der Waals surface area contributed by atoms with Gasteiger partial charge in [-0.1, -0.05) is 29.8 Å². The molecule has 1 aliphatic rings. The van der Waals surface area contributed by atoms with Gasteiger partial charge in [-0.15, -0.1) is 0 Å². The molecule has 0 radical (unpaired) electrons. The molecule has 2 aromatic carbocycles. The van der Waals surface area contributed by atoms with Crippen molar-refractivity contribution in [1.82, 2.24) is 9.88 Å².